The molecule has 1 aliphatic rings. The first kappa shape index (κ1) is 10.6. The summed E-state index contributed by atoms with van der Waals surface area (Å²) in [5.41, 5.74) is 0.819. The van der Waals surface area contributed by atoms with Crippen molar-refractivity contribution in [3.63, 3.8) is 0 Å². The van der Waals surface area contributed by atoms with Crippen LogP contribution in [0.2, 0.25) is 0 Å². The number of hydrogen-bond donors (Lipinski definition) is 0. The maximum Gasteiger partial charge on any atom is 0.258 e. The van der Waals surface area contributed by atoms with E-state index in [1.165, 1.54) is 0 Å². The topological polar surface area (TPSA) is 57.4 Å². The Bertz CT molecular complexity index is 721. The van der Waals surface area contributed by atoms with Gasteiger partial charge in [-0.05, 0) is 29.6 Å². The molecule has 0 saturated carbocycles. The summed E-state index contributed by atoms with van der Waals surface area (Å²) in [6.45, 7) is 0.253. The summed E-state index contributed by atoms with van der Waals surface area (Å²) >= 11 is 1.57. The first-order valence-electron chi connectivity index (χ1n) is 5.68. The first-order chi connectivity index (χ1) is 9.40. The summed E-state index contributed by atoms with van der Waals surface area (Å²) in [4.78, 5) is 5.37. The molecular weight excluding hydrogens is 264 g/mol. The van der Waals surface area contributed by atoms with Crippen molar-refractivity contribution in [3.8, 4) is 33.7 Å². The predicted octanol–water partition coefficient (Wildman–Crippen LogP) is 3.19. The Morgan fingerprint density at radius 3 is 2.95 bits per heavy atom. The van der Waals surface area contributed by atoms with Crippen LogP contribution in [0.3, 0.4) is 0 Å². The molecule has 0 saturated heterocycles. The lowest BCUT2D eigenvalue weighted by molar-refractivity contribution is 0.174. The van der Waals surface area contributed by atoms with Crippen molar-refractivity contribution >= 4 is 11.3 Å². The monoisotopic (exact) mass is 272 g/mol. The molecule has 3 heterocycles. The molecule has 4 rings (SSSR count). The van der Waals surface area contributed by atoms with E-state index in [2.05, 4.69) is 10.1 Å². The minimum absolute atomic E-state index is 0.253. The van der Waals surface area contributed by atoms with Crippen molar-refractivity contribution < 1.29 is 14.0 Å². The third kappa shape index (κ3) is 1.77. The molecule has 0 fully saturated rings. The SMILES string of the molecule is c1csc(-c2noc(-c3ccc4c(c3)OCO4)n2)c1. The van der Waals surface area contributed by atoms with E-state index in [0.717, 1.165) is 16.2 Å². The third-order valence-electron chi connectivity index (χ3n) is 2.79. The van der Waals surface area contributed by atoms with Crippen LogP contribution in [0.15, 0.2) is 40.2 Å². The van der Waals surface area contributed by atoms with E-state index in [9.17, 15) is 0 Å². The zero-order valence-corrected chi connectivity index (χ0v) is 10.5. The molecule has 2 aromatic heterocycles. The van der Waals surface area contributed by atoms with E-state index in [1.54, 1.807) is 11.3 Å². The highest BCUT2D eigenvalue weighted by Gasteiger charge is 2.17. The lowest BCUT2D eigenvalue weighted by atomic mass is 10.2. The van der Waals surface area contributed by atoms with E-state index < -0.39 is 0 Å². The molecule has 0 radical (unpaired) electrons. The van der Waals surface area contributed by atoms with E-state index >= 15 is 0 Å². The number of ether oxygens (including phenoxy) is 2. The molecular formula is C13H8N2O3S. The molecule has 1 aromatic carbocycles. The summed E-state index contributed by atoms with van der Waals surface area (Å²) in [7, 11) is 0. The molecule has 5 nitrogen and oxygen atoms in total. The molecule has 6 heteroatoms. The maximum absolute atomic E-state index is 5.33. The predicted molar refractivity (Wildman–Crippen MR) is 69.2 cm³/mol. The number of fused-ring (bicyclic) bond motifs is 1. The van der Waals surface area contributed by atoms with Crippen LogP contribution in [0.25, 0.3) is 22.2 Å². The Labute approximate surface area is 112 Å². The zero-order chi connectivity index (χ0) is 12.7. The number of hydrogen-bond acceptors (Lipinski definition) is 6. The number of rotatable bonds is 2. The van der Waals surface area contributed by atoms with Gasteiger partial charge in [-0.15, -0.1) is 11.3 Å². The molecule has 3 aromatic rings. The van der Waals surface area contributed by atoms with Crippen molar-refractivity contribution in [2.75, 3.05) is 6.79 Å². The average molecular weight is 272 g/mol. The Kier molecular flexibility index (Phi) is 2.28. The molecule has 0 spiro atoms. The molecule has 0 bridgehead atoms. The summed E-state index contributed by atoms with van der Waals surface area (Å²) in [5.74, 6) is 2.51. The van der Waals surface area contributed by atoms with Gasteiger partial charge in [0.15, 0.2) is 11.5 Å². The van der Waals surface area contributed by atoms with E-state index in [0.29, 0.717) is 17.5 Å². The number of benzene rings is 1. The quantitative estimate of drug-likeness (QED) is 0.717. The Morgan fingerprint density at radius 2 is 2.05 bits per heavy atom. The summed E-state index contributed by atoms with van der Waals surface area (Å²) < 4.78 is 15.9. The first-order valence-corrected chi connectivity index (χ1v) is 6.56. The van der Waals surface area contributed by atoms with Crippen LogP contribution < -0.4 is 9.47 Å². The van der Waals surface area contributed by atoms with Gasteiger partial charge in [0.25, 0.3) is 5.89 Å². The van der Waals surface area contributed by atoms with Gasteiger partial charge in [-0.1, -0.05) is 11.2 Å². The highest BCUT2D eigenvalue weighted by Crippen LogP contribution is 2.36. The van der Waals surface area contributed by atoms with Gasteiger partial charge >= 0.3 is 0 Å². The molecule has 0 unspecified atom stereocenters. The second kappa shape index (κ2) is 4.10. The standard InChI is InChI=1S/C13H8N2O3S/c1-2-11(19-5-1)12-14-13(18-15-12)8-3-4-9-10(6-8)17-7-16-9/h1-6H,7H2. The Morgan fingerprint density at radius 1 is 1.11 bits per heavy atom. The lowest BCUT2D eigenvalue weighted by Crippen LogP contribution is -1.92. The highest BCUT2D eigenvalue weighted by molar-refractivity contribution is 7.13. The van der Waals surface area contributed by atoms with E-state index in [-0.39, 0.29) is 6.79 Å². The molecule has 0 aliphatic carbocycles. The minimum Gasteiger partial charge on any atom is -0.454 e. The Hall–Kier alpha value is -2.34. The van der Waals surface area contributed by atoms with Gasteiger partial charge in [0, 0.05) is 5.56 Å². The van der Waals surface area contributed by atoms with Crippen LogP contribution in [0.1, 0.15) is 0 Å². The normalized spacial score (nSPS) is 12.8. The van der Waals surface area contributed by atoms with Crippen molar-refractivity contribution in [2.24, 2.45) is 0 Å². The average Bonchev–Trinajstić information content (AvgIpc) is 3.18. The number of thiophene rings is 1. The fourth-order valence-electron chi connectivity index (χ4n) is 1.88. The highest BCUT2D eigenvalue weighted by atomic mass is 32.1. The second-order valence-electron chi connectivity index (χ2n) is 3.97. The molecule has 94 valence electrons. The van der Waals surface area contributed by atoms with E-state index in [4.69, 9.17) is 14.0 Å². The molecule has 1 aliphatic heterocycles. The largest absolute Gasteiger partial charge is 0.454 e. The minimum atomic E-state index is 0.253. The van der Waals surface area contributed by atoms with Gasteiger partial charge in [-0.3, -0.25) is 0 Å². The summed E-state index contributed by atoms with van der Waals surface area (Å²) in [5, 5.41) is 5.96. The maximum atomic E-state index is 5.33. The second-order valence-corrected chi connectivity index (χ2v) is 4.92. The van der Waals surface area contributed by atoms with Gasteiger partial charge in [0.05, 0.1) is 4.88 Å². The zero-order valence-electron chi connectivity index (χ0n) is 9.70. The van der Waals surface area contributed by atoms with Crippen molar-refractivity contribution in [3.05, 3.63) is 35.7 Å². The van der Waals surface area contributed by atoms with Crippen LogP contribution in [0, 0.1) is 0 Å². The smallest absolute Gasteiger partial charge is 0.258 e. The summed E-state index contributed by atoms with van der Waals surface area (Å²) in [6, 6.07) is 9.47. The van der Waals surface area contributed by atoms with Gasteiger partial charge in [0.2, 0.25) is 12.6 Å². The van der Waals surface area contributed by atoms with Gasteiger partial charge in [0.1, 0.15) is 0 Å². The summed E-state index contributed by atoms with van der Waals surface area (Å²) in [6.07, 6.45) is 0. The number of nitrogens with zero attached hydrogens (tertiary/aromatic N) is 2. The van der Waals surface area contributed by atoms with Crippen LogP contribution in [-0.2, 0) is 0 Å². The fraction of sp³-hybridized carbons (Fsp3) is 0.0769. The van der Waals surface area contributed by atoms with Gasteiger partial charge in [-0.25, -0.2) is 0 Å². The van der Waals surface area contributed by atoms with Crippen molar-refractivity contribution in [1.82, 2.24) is 10.1 Å². The molecule has 0 amide bonds. The molecule has 19 heavy (non-hydrogen) atoms. The number of aromatic nitrogens is 2. The molecule has 0 atom stereocenters. The third-order valence-corrected chi connectivity index (χ3v) is 3.65. The fourth-order valence-corrected chi connectivity index (χ4v) is 2.53. The van der Waals surface area contributed by atoms with Crippen LogP contribution in [0.4, 0.5) is 0 Å². The van der Waals surface area contributed by atoms with Crippen LogP contribution >= 0.6 is 11.3 Å². The van der Waals surface area contributed by atoms with Gasteiger partial charge < -0.3 is 14.0 Å². The Balaban J connectivity index is 1.73. The van der Waals surface area contributed by atoms with Gasteiger partial charge in [-0.2, -0.15) is 4.98 Å². The van der Waals surface area contributed by atoms with Crippen LogP contribution in [-0.4, -0.2) is 16.9 Å². The molecule has 0 N–H and O–H groups in total. The van der Waals surface area contributed by atoms with Crippen molar-refractivity contribution in [1.29, 1.82) is 0 Å². The van der Waals surface area contributed by atoms with Crippen molar-refractivity contribution in [2.45, 2.75) is 0 Å². The van der Waals surface area contributed by atoms with E-state index in [1.807, 2.05) is 35.7 Å². The van der Waals surface area contributed by atoms with Crippen LogP contribution in [0.5, 0.6) is 11.5 Å². The lowest BCUT2D eigenvalue weighted by Gasteiger charge is -1.97.